The summed E-state index contributed by atoms with van der Waals surface area (Å²) in [5.41, 5.74) is 0. The van der Waals surface area contributed by atoms with Gasteiger partial charge in [0.2, 0.25) is 0 Å². The van der Waals surface area contributed by atoms with E-state index >= 15 is 0 Å². The summed E-state index contributed by atoms with van der Waals surface area (Å²) in [6, 6.07) is 0. The van der Waals surface area contributed by atoms with Gasteiger partial charge in [0.1, 0.15) is 0 Å². The molecule has 0 aromatic rings. The molecule has 0 rings (SSSR count). The fourth-order valence-electron chi connectivity index (χ4n) is 0.478. The summed E-state index contributed by atoms with van der Waals surface area (Å²) in [7, 11) is 0. The summed E-state index contributed by atoms with van der Waals surface area (Å²) in [6.45, 7) is 0. The van der Waals surface area contributed by atoms with Gasteiger partial charge in [0.05, 0.1) is 12.8 Å². The van der Waals surface area contributed by atoms with E-state index in [0.29, 0.717) is 11.8 Å². The first-order valence-corrected chi connectivity index (χ1v) is 4.57. The lowest BCUT2D eigenvalue weighted by atomic mass is 10.5. The Bertz CT molecular complexity index is 121. The van der Waals surface area contributed by atoms with Gasteiger partial charge in [0.25, 0.3) is 0 Å². The molecule has 0 radical (unpaired) electrons. The standard InChI is InChI=1S/C6H8F6S/c7-5(8,9)1-3-13-4-2-6(10,11)12/h1-4H2. The highest BCUT2D eigenvalue weighted by Crippen LogP contribution is 2.25. The average Bonchev–Trinajstić information content (AvgIpc) is 1.81. The summed E-state index contributed by atoms with van der Waals surface area (Å²) in [4.78, 5) is 0. The van der Waals surface area contributed by atoms with Crippen LogP contribution in [-0.4, -0.2) is 23.9 Å². The molecule has 0 heterocycles. The molecule has 7 heteroatoms. The van der Waals surface area contributed by atoms with Crippen LogP contribution in [0, 0.1) is 0 Å². The van der Waals surface area contributed by atoms with Crippen molar-refractivity contribution < 1.29 is 26.3 Å². The number of hydrogen-bond acceptors (Lipinski definition) is 1. The molecule has 0 aliphatic carbocycles. The quantitative estimate of drug-likeness (QED) is 0.521. The molecule has 0 nitrogen and oxygen atoms in total. The molecule has 0 saturated heterocycles. The molecular weight excluding hydrogens is 218 g/mol. The van der Waals surface area contributed by atoms with Gasteiger partial charge in [-0.3, -0.25) is 0 Å². The molecule has 0 aromatic heterocycles. The monoisotopic (exact) mass is 226 g/mol. The van der Waals surface area contributed by atoms with E-state index in [-0.39, 0.29) is 11.5 Å². The Balaban J connectivity index is 3.28. The van der Waals surface area contributed by atoms with E-state index < -0.39 is 25.2 Å². The number of hydrogen-bond donors (Lipinski definition) is 0. The van der Waals surface area contributed by atoms with E-state index in [1.807, 2.05) is 0 Å². The fourth-order valence-corrected chi connectivity index (χ4v) is 1.43. The van der Waals surface area contributed by atoms with E-state index in [1.165, 1.54) is 0 Å². The lowest BCUT2D eigenvalue weighted by Crippen LogP contribution is -2.11. The first-order valence-electron chi connectivity index (χ1n) is 3.42. The first-order chi connectivity index (χ1) is 5.71. The van der Waals surface area contributed by atoms with Crippen LogP contribution in [0.4, 0.5) is 26.3 Å². The average molecular weight is 226 g/mol. The minimum atomic E-state index is -4.27. The second-order valence-corrected chi connectivity index (χ2v) is 3.57. The van der Waals surface area contributed by atoms with E-state index in [9.17, 15) is 26.3 Å². The third-order valence-corrected chi connectivity index (χ3v) is 2.05. The van der Waals surface area contributed by atoms with Crippen LogP contribution in [0.3, 0.4) is 0 Å². The van der Waals surface area contributed by atoms with Crippen LogP contribution in [0.25, 0.3) is 0 Å². The molecule has 0 unspecified atom stereocenters. The van der Waals surface area contributed by atoms with Crippen LogP contribution in [0.5, 0.6) is 0 Å². The van der Waals surface area contributed by atoms with Crippen LogP contribution in [-0.2, 0) is 0 Å². The van der Waals surface area contributed by atoms with Crippen LogP contribution >= 0.6 is 11.8 Å². The third-order valence-electron chi connectivity index (χ3n) is 1.06. The van der Waals surface area contributed by atoms with Crippen molar-refractivity contribution in [3.8, 4) is 0 Å². The molecule has 0 saturated carbocycles. The second-order valence-electron chi connectivity index (χ2n) is 2.34. The van der Waals surface area contributed by atoms with Gasteiger partial charge < -0.3 is 0 Å². The summed E-state index contributed by atoms with van der Waals surface area (Å²) in [5.74, 6) is -0.612. The van der Waals surface area contributed by atoms with E-state index in [2.05, 4.69) is 0 Å². The Kier molecular flexibility index (Phi) is 4.95. The first kappa shape index (κ1) is 12.9. The molecule has 13 heavy (non-hydrogen) atoms. The molecule has 0 atom stereocenters. The summed E-state index contributed by atoms with van der Waals surface area (Å²) >= 11 is 0.667. The van der Waals surface area contributed by atoms with Crippen molar-refractivity contribution in [2.75, 3.05) is 11.5 Å². The van der Waals surface area contributed by atoms with Crippen LogP contribution in [0.15, 0.2) is 0 Å². The van der Waals surface area contributed by atoms with Crippen LogP contribution in [0.1, 0.15) is 12.8 Å². The Morgan fingerprint density at radius 2 is 1.00 bits per heavy atom. The zero-order chi connectivity index (χ0) is 10.5. The highest BCUT2D eigenvalue weighted by atomic mass is 32.2. The van der Waals surface area contributed by atoms with E-state index in [4.69, 9.17) is 0 Å². The second kappa shape index (κ2) is 4.97. The minimum Gasteiger partial charge on any atom is -0.171 e. The minimum absolute atomic E-state index is 0.306. The van der Waals surface area contributed by atoms with Gasteiger partial charge in [-0.25, -0.2) is 0 Å². The number of halogens is 6. The van der Waals surface area contributed by atoms with Gasteiger partial charge >= 0.3 is 12.4 Å². The molecule has 0 aromatic carbocycles. The largest absolute Gasteiger partial charge is 0.389 e. The lowest BCUT2D eigenvalue weighted by molar-refractivity contribution is -0.129. The number of alkyl halides is 6. The molecule has 0 fully saturated rings. The lowest BCUT2D eigenvalue weighted by Gasteiger charge is -2.07. The smallest absolute Gasteiger partial charge is 0.171 e. The van der Waals surface area contributed by atoms with Crippen molar-refractivity contribution in [1.29, 1.82) is 0 Å². The summed E-state index contributed by atoms with van der Waals surface area (Å²) < 4.78 is 68.9. The molecule has 0 N–H and O–H groups in total. The highest BCUT2D eigenvalue weighted by molar-refractivity contribution is 7.99. The number of rotatable bonds is 4. The third kappa shape index (κ3) is 11.9. The molecule has 0 spiro atoms. The topological polar surface area (TPSA) is 0 Å². The van der Waals surface area contributed by atoms with Crippen molar-refractivity contribution in [1.82, 2.24) is 0 Å². The Morgan fingerprint density at radius 1 is 0.692 bits per heavy atom. The van der Waals surface area contributed by atoms with E-state index in [0.717, 1.165) is 0 Å². The predicted octanol–water partition coefficient (Wildman–Crippen LogP) is 3.62. The normalized spacial score (nSPS) is 13.4. The van der Waals surface area contributed by atoms with Crippen LogP contribution in [0.2, 0.25) is 0 Å². The maximum atomic E-state index is 11.5. The van der Waals surface area contributed by atoms with Gasteiger partial charge in [-0.15, -0.1) is 0 Å². The maximum absolute atomic E-state index is 11.5. The molecule has 0 bridgehead atoms. The Morgan fingerprint density at radius 3 is 1.23 bits per heavy atom. The van der Waals surface area contributed by atoms with Gasteiger partial charge in [-0.05, 0) is 0 Å². The maximum Gasteiger partial charge on any atom is 0.389 e. The fraction of sp³-hybridized carbons (Fsp3) is 1.00. The Hall–Kier alpha value is -0.0700. The Labute approximate surface area is 75.7 Å². The highest BCUT2D eigenvalue weighted by Gasteiger charge is 2.28. The SMILES string of the molecule is FC(F)(F)CCSCCC(F)(F)F. The molecule has 0 aliphatic heterocycles. The van der Waals surface area contributed by atoms with E-state index in [1.54, 1.807) is 0 Å². The van der Waals surface area contributed by atoms with Crippen molar-refractivity contribution in [2.45, 2.75) is 25.2 Å². The summed E-state index contributed by atoms with van der Waals surface area (Å²) in [6.07, 6.45) is -10.6. The predicted molar refractivity (Wildman–Crippen MR) is 38.7 cm³/mol. The molecular formula is C6H8F6S. The van der Waals surface area contributed by atoms with Gasteiger partial charge in [-0.2, -0.15) is 38.1 Å². The van der Waals surface area contributed by atoms with Gasteiger partial charge in [0.15, 0.2) is 0 Å². The number of thioether (sulfide) groups is 1. The van der Waals surface area contributed by atoms with Crippen molar-refractivity contribution in [2.24, 2.45) is 0 Å². The zero-order valence-electron chi connectivity index (χ0n) is 6.50. The summed E-state index contributed by atoms with van der Waals surface area (Å²) in [5, 5.41) is 0. The molecule has 0 amide bonds. The van der Waals surface area contributed by atoms with Gasteiger partial charge in [-0.1, -0.05) is 0 Å². The van der Waals surface area contributed by atoms with Crippen LogP contribution < -0.4 is 0 Å². The van der Waals surface area contributed by atoms with Crippen molar-refractivity contribution in [3.05, 3.63) is 0 Å². The van der Waals surface area contributed by atoms with Crippen molar-refractivity contribution in [3.63, 3.8) is 0 Å². The zero-order valence-corrected chi connectivity index (χ0v) is 7.32. The molecule has 0 aliphatic rings. The molecule has 80 valence electrons. The van der Waals surface area contributed by atoms with Gasteiger partial charge in [0, 0.05) is 11.5 Å². The van der Waals surface area contributed by atoms with Crippen molar-refractivity contribution >= 4 is 11.8 Å².